The normalized spacial score (nSPS) is 10.3. The summed E-state index contributed by atoms with van der Waals surface area (Å²) in [6, 6.07) is 7.41. The number of halogens is 1. The number of nitrogen functional groups attached to an aromatic ring is 1. The van der Waals surface area contributed by atoms with Gasteiger partial charge in [-0.1, -0.05) is 22.9 Å². The molecule has 0 aliphatic carbocycles. The Morgan fingerprint density at radius 3 is 2.74 bits per heavy atom. The zero-order valence-electron chi connectivity index (χ0n) is 10.8. The molecule has 2 rings (SSSR count). The maximum Gasteiger partial charge on any atom is 0.136 e. The average Bonchev–Trinajstić information content (AvgIpc) is 2.37. The molecule has 0 aliphatic heterocycles. The lowest BCUT2D eigenvalue weighted by molar-refractivity contribution is 0.415. The molecule has 0 atom stereocenters. The Morgan fingerprint density at radius 2 is 2.05 bits per heavy atom. The first-order chi connectivity index (χ1) is 9.10. The largest absolute Gasteiger partial charge is 0.497 e. The van der Waals surface area contributed by atoms with Crippen molar-refractivity contribution in [1.29, 1.82) is 0 Å². The second kappa shape index (κ2) is 5.88. The predicted molar refractivity (Wildman–Crippen MR) is 79.8 cm³/mol. The van der Waals surface area contributed by atoms with Crippen LogP contribution in [0.1, 0.15) is 12.7 Å². The minimum absolute atomic E-state index is 0.455. The van der Waals surface area contributed by atoms with Crippen LogP contribution in [0.15, 0.2) is 28.7 Å². The molecule has 1 aromatic heterocycles. The number of methoxy groups -OCH3 is 1. The number of nitrogens with one attached hydrogen (secondary N) is 1. The quantitative estimate of drug-likeness (QED) is 0.904. The van der Waals surface area contributed by atoms with E-state index in [1.165, 1.54) is 0 Å². The van der Waals surface area contributed by atoms with Crippen molar-refractivity contribution in [2.24, 2.45) is 0 Å². The van der Waals surface area contributed by atoms with Gasteiger partial charge in [0.2, 0.25) is 0 Å². The van der Waals surface area contributed by atoms with Crippen molar-refractivity contribution in [3.63, 3.8) is 0 Å². The Kier molecular flexibility index (Phi) is 4.21. The molecule has 0 spiro atoms. The van der Waals surface area contributed by atoms with Gasteiger partial charge in [-0.15, -0.1) is 0 Å². The molecule has 0 radical (unpaired) electrons. The Balaban J connectivity index is 2.30. The van der Waals surface area contributed by atoms with E-state index in [1.54, 1.807) is 13.2 Å². The Morgan fingerprint density at radius 1 is 1.26 bits per heavy atom. The van der Waals surface area contributed by atoms with Gasteiger partial charge in [-0.2, -0.15) is 0 Å². The van der Waals surface area contributed by atoms with Crippen LogP contribution >= 0.6 is 15.9 Å². The first-order valence-electron chi connectivity index (χ1n) is 5.85. The topological polar surface area (TPSA) is 73.1 Å². The maximum atomic E-state index is 5.75. The molecule has 19 heavy (non-hydrogen) atoms. The lowest BCUT2D eigenvalue weighted by atomic mass is 10.3. The van der Waals surface area contributed by atoms with E-state index in [9.17, 15) is 0 Å². The molecular weight excluding hydrogens is 308 g/mol. The summed E-state index contributed by atoms with van der Waals surface area (Å²) in [7, 11) is 1.63. The highest BCUT2D eigenvalue weighted by Gasteiger charge is 2.04. The summed E-state index contributed by atoms with van der Waals surface area (Å²) in [5, 5.41) is 3.19. The van der Waals surface area contributed by atoms with E-state index in [2.05, 4.69) is 31.2 Å². The van der Waals surface area contributed by atoms with Crippen molar-refractivity contribution >= 4 is 33.3 Å². The number of anilines is 3. The predicted octanol–water partition coefficient (Wildman–Crippen LogP) is 3.14. The molecule has 1 heterocycles. The highest BCUT2D eigenvalue weighted by atomic mass is 79.9. The summed E-state index contributed by atoms with van der Waals surface area (Å²) in [6.07, 6.45) is 0.738. The van der Waals surface area contributed by atoms with Gasteiger partial charge in [0.25, 0.3) is 0 Å². The zero-order chi connectivity index (χ0) is 13.8. The van der Waals surface area contributed by atoms with Gasteiger partial charge in [0.1, 0.15) is 23.2 Å². The van der Waals surface area contributed by atoms with Gasteiger partial charge in [-0.05, 0) is 12.1 Å². The van der Waals surface area contributed by atoms with Crippen molar-refractivity contribution in [1.82, 2.24) is 9.97 Å². The van der Waals surface area contributed by atoms with Crippen LogP contribution in [0, 0.1) is 0 Å². The second-order valence-electron chi connectivity index (χ2n) is 3.95. The van der Waals surface area contributed by atoms with Crippen LogP contribution in [0.2, 0.25) is 0 Å². The van der Waals surface area contributed by atoms with Crippen LogP contribution in [0.4, 0.5) is 17.3 Å². The summed E-state index contributed by atoms with van der Waals surface area (Å²) in [6.45, 7) is 1.99. The average molecular weight is 323 g/mol. The van der Waals surface area contributed by atoms with Gasteiger partial charge in [-0.3, -0.25) is 0 Å². The molecular formula is C13H15BrN4O. The number of hydrogen-bond acceptors (Lipinski definition) is 5. The lowest BCUT2D eigenvalue weighted by Crippen LogP contribution is -2.02. The van der Waals surface area contributed by atoms with E-state index >= 15 is 0 Å². The second-order valence-corrected chi connectivity index (χ2v) is 4.87. The summed E-state index contributed by atoms with van der Waals surface area (Å²) < 4.78 is 6.14. The van der Waals surface area contributed by atoms with Crippen molar-refractivity contribution < 1.29 is 4.74 Å². The molecule has 0 unspecified atom stereocenters. The van der Waals surface area contributed by atoms with Gasteiger partial charge in [0.05, 0.1) is 7.11 Å². The summed E-state index contributed by atoms with van der Waals surface area (Å²) in [4.78, 5) is 8.51. The summed E-state index contributed by atoms with van der Waals surface area (Å²) in [5.74, 6) is 2.60. The summed E-state index contributed by atoms with van der Waals surface area (Å²) in [5.41, 5.74) is 6.62. The highest BCUT2D eigenvalue weighted by molar-refractivity contribution is 9.10. The third kappa shape index (κ3) is 3.57. The van der Waals surface area contributed by atoms with E-state index in [-0.39, 0.29) is 0 Å². The monoisotopic (exact) mass is 322 g/mol. The summed E-state index contributed by atoms with van der Waals surface area (Å²) >= 11 is 3.43. The number of rotatable bonds is 4. The molecule has 0 bridgehead atoms. The molecule has 100 valence electrons. The zero-order valence-corrected chi connectivity index (χ0v) is 12.4. The van der Waals surface area contributed by atoms with Gasteiger partial charge in [0, 0.05) is 28.7 Å². The van der Waals surface area contributed by atoms with Crippen molar-refractivity contribution in [2.75, 3.05) is 18.2 Å². The molecule has 3 N–H and O–H groups in total. The number of aryl methyl sites for hydroxylation is 1. The maximum absolute atomic E-state index is 5.75. The fourth-order valence-electron chi connectivity index (χ4n) is 1.64. The highest BCUT2D eigenvalue weighted by Crippen LogP contribution is 2.26. The van der Waals surface area contributed by atoms with Crippen LogP contribution in [0.5, 0.6) is 5.75 Å². The van der Waals surface area contributed by atoms with E-state index < -0.39 is 0 Å². The molecule has 5 nitrogen and oxygen atoms in total. The van der Waals surface area contributed by atoms with Crippen molar-refractivity contribution in [2.45, 2.75) is 13.3 Å². The lowest BCUT2D eigenvalue weighted by Gasteiger charge is -2.10. The van der Waals surface area contributed by atoms with Crippen molar-refractivity contribution in [3.05, 3.63) is 34.6 Å². The standard InChI is InChI=1S/C13H15BrN4O/c1-3-12-17-11(15)7-13(18-12)16-9-4-8(14)5-10(6-9)19-2/h4-7H,3H2,1-2H3,(H3,15,16,17,18). The molecule has 0 fully saturated rings. The fraction of sp³-hybridized carbons (Fsp3) is 0.231. The fourth-order valence-corrected chi connectivity index (χ4v) is 2.11. The minimum Gasteiger partial charge on any atom is -0.497 e. The van der Waals surface area contributed by atoms with Crippen LogP contribution in [0.25, 0.3) is 0 Å². The molecule has 6 heteroatoms. The van der Waals surface area contributed by atoms with Crippen molar-refractivity contribution in [3.8, 4) is 5.75 Å². The minimum atomic E-state index is 0.455. The molecule has 0 saturated heterocycles. The molecule has 0 saturated carbocycles. The van der Waals surface area contributed by atoms with E-state index in [0.717, 1.165) is 22.3 Å². The Hall–Kier alpha value is -1.82. The van der Waals surface area contributed by atoms with Gasteiger partial charge >= 0.3 is 0 Å². The molecule has 1 aromatic carbocycles. The van der Waals surface area contributed by atoms with Crippen LogP contribution in [-0.4, -0.2) is 17.1 Å². The number of hydrogen-bond donors (Lipinski definition) is 2. The first kappa shape index (κ1) is 13.6. The van der Waals surface area contributed by atoms with Gasteiger partial charge in [-0.25, -0.2) is 9.97 Å². The van der Waals surface area contributed by atoms with Crippen LogP contribution in [-0.2, 0) is 6.42 Å². The number of nitrogens with zero attached hydrogens (tertiary/aromatic N) is 2. The molecule has 0 amide bonds. The molecule has 2 aromatic rings. The van der Waals surface area contributed by atoms with E-state index in [4.69, 9.17) is 10.5 Å². The van der Waals surface area contributed by atoms with Crippen LogP contribution in [0.3, 0.4) is 0 Å². The third-order valence-corrected chi connectivity index (χ3v) is 2.95. The third-order valence-electron chi connectivity index (χ3n) is 2.49. The van der Waals surface area contributed by atoms with Crippen LogP contribution < -0.4 is 15.8 Å². The number of aromatic nitrogens is 2. The van der Waals surface area contributed by atoms with Gasteiger partial charge in [0.15, 0.2) is 0 Å². The first-order valence-corrected chi connectivity index (χ1v) is 6.65. The smallest absolute Gasteiger partial charge is 0.136 e. The SMILES string of the molecule is CCc1nc(N)cc(Nc2cc(Br)cc(OC)c2)n1. The molecule has 0 aliphatic rings. The Labute approximate surface area is 120 Å². The number of benzene rings is 1. The number of nitrogens with two attached hydrogens (primary N) is 1. The Bertz CT molecular complexity index is 537. The number of ether oxygens (including phenoxy) is 1. The van der Waals surface area contributed by atoms with Gasteiger partial charge < -0.3 is 15.8 Å². The van der Waals surface area contributed by atoms with E-state index in [0.29, 0.717) is 17.5 Å². The van der Waals surface area contributed by atoms with E-state index in [1.807, 2.05) is 25.1 Å².